The van der Waals surface area contributed by atoms with E-state index in [1.807, 2.05) is 6.08 Å². The van der Waals surface area contributed by atoms with E-state index in [9.17, 15) is 9.59 Å². The van der Waals surface area contributed by atoms with Crippen LogP contribution in [0.3, 0.4) is 0 Å². The Morgan fingerprint density at radius 3 is 3.00 bits per heavy atom. The lowest BCUT2D eigenvalue weighted by molar-refractivity contribution is 0.0807. The standard InChI is InChI=1S/C11H10BrIN2O3/c12-4-3-7-6-15(11(17)14-10(7)16)9-2-1-8(5-13)18-9/h1,3-4,6,9H,2,5H2,(H,14,16,17)/b4-3+/t9-/m1/s1. The van der Waals surface area contributed by atoms with Crippen LogP contribution in [0.5, 0.6) is 0 Å². The number of aromatic amines is 1. The molecule has 1 aliphatic rings. The minimum Gasteiger partial charge on any atom is -0.474 e. The predicted molar refractivity (Wildman–Crippen MR) is 81.0 cm³/mol. The minimum atomic E-state index is -0.458. The molecule has 1 N–H and O–H groups in total. The number of allylic oxidation sites excluding steroid dienone is 1. The van der Waals surface area contributed by atoms with Crippen LogP contribution in [0.25, 0.3) is 6.08 Å². The largest absolute Gasteiger partial charge is 0.474 e. The van der Waals surface area contributed by atoms with E-state index in [1.165, 1.54) is 10.8 Å². The van der Waals surface area contributed by atoms with Crippen LogP contribution in [0.15, 0.2) is 32.6 Å². The fourth-order valence-corrected chi connectivity index (χ4v) is 2.44. The van der Waals surface area contributed by atoms with Gasteiger partial charge in [0.15, 0.2) is 6.23 Å². The zero-order valence-corrected chi connectivity index (χ0v) is 13.0. The highest BCUT2D eigenvalue weighted by molar-refractivity contribution is 14.1. The van der Waals surface area contributed by atoms with Crippen LogP contribution in [-0.4, -0.2) is 14.0 Å². The maximum atomic E-state index is 11.7. The minimum absolute atomic E-state index is 0.374. The monoisotopic (exact) mass is 424 g/mol. The first-order valence-electron chi connectivity index (χ1n) is 5.19. The molecule has 0 aromatic carbocycles. The van der Waals surface area contributed by atoms with Gasteiger partial charge in [-0.2, -0.15) is 0 Å². The summed E-state index contributed by atoms with van der Waals surface area (Å²) in [4.78, 5) is 27.1. The summed E-state index contributed by atoms with van der Waals surface area (Å²) in [7, 11) is 0. The SMILES string of the molecule is O=c1[nH]c(=O)n([C@H]2CC=C(CI)O2)cc1/C=C/Br. The molecule has 2 rings (SSSR count). The van der Waals surface area contributed by atoms with Crippen molar-refractivity contribution in [3.8, 4) is 0 Å². The molecule has 1 aliphatic heterocycles. The molecule has 5 nitrogen and oxygen atoms in total. The Morgan fingerprint density at radius 2 is 2.39 bits per heavy atom. The van der Waals surface area contributed by atoms with Crippen molar-refractivity contribution in [2.24, 2.45) is 0 Å². The Kier molecular flexibility index (Phi) is 4.44. The lowest BCUT2D eigenvalue weighted by Gasteiger charge is -2.15. The van der Waals surface area contributed by atoms with E-state index in [2.05, 4.69) is 43.5 Å². The zero-order valence-electron chi connectivity index (χ0n) is 9.23. The molecule has 0 saturated heterocycles. The quantitative estimate of drug-likeness (QED) is 0.597. The molecule has 1 aromatic heterocycles. The van der Waals surface area contributed by atoms with Crippen LogP contribution in [-0.2, 0) is 4.74 Å². The molecule has 1 aromatic rings. The summed E-state index contributed by atoms with van der Waals surface area (Å²) < 4.78 is 7.78. The van der Waals surface area contributed by atoms with E-state index in [-0.39, 0.29) is 6.23 Å². The number of aromatic nitrogens is 2. The first-order chi connectivity index (χ1) is 8.65. The van der Waals surface area contributed by atoms with Gasteiger partial charge in [0, 0.05) is 12.6 Å². The fraction of sp³-hybridized carbons (Fsp3) is 0.273. The van der Waals surface area contributed by atoms with Crippen molar-refractivity contribution in [2.75, 3.05) is 4.43 Å². The molecule has 0 aliphatic carbocycles. The van der Waals surface area contributed by atoms with Crippen molar-refractivity contribution < 1.29 is 4.74 Å². The van der Waals surface area contributed by atoms with Gasteiger partial charge in [0.25, 0.3) is 5.56 Å². The molecule has 96 valence electrons. The zero-order chi connectivity index (χ0) is 13.1. The van der Waals surface area contributed by atoms with Crippen LogP contribution in [0, 0.1) is 0 Å². The second kappa shape index (κ2) is 5.87. The molecule has 1 atom stereocenters. The molecule has 0 radical (unpaired) electrons. The Bertz CT molecular complexity index is 617. The van der Waals surface area contributed by atoms with Crippen molar-refractivity contribution >= 4 is 44.6 Å². The number of hydrogen-bond acceptors (Lipinski definition) is 3. The second-order valence-electron chi connectivity index (χ2n) is 3.66. The van der Waals surface area contributed by atoms with Crippen LogP contribution in [0.1, 0.15) is 18.2 Å². The number of nitrogens with zero attached hydrogens (tertiary/aromatic N) is 1. The summed E-state index contributed by atoms with van der Waals surface area (Å²) in [6, 6.07) is 0. The normalized spacial score (nSPS) is 19.0. The van der Waals surface area contributed by atoms with Gasteiger partial charge in [0.1, 0.15) is 5.76 Å². The molecular formula is C11H10BrIN2O3. The van der Waals surface area contributed by atoms with Crippen molar-refractivity contribution in [3.05, 3.63) is 49.4 Å². The highest BCUT2D eigenvalue weighted by atomic mass is 127. The van der Waals surface area contributed by atoms with Gasteiger partial charge < -0.3 is 4.74 Å². The van der Waals surface area contributed by atoms with E-state index >= 15 is 0 Å². The molecule has 7 heteroatoms. The Hall–Kier alpha value is -0.830. The van der Waals surface area contributed by atoms with Crippen molar-refractivity contribution in [1.82, 2.24) is 9.55 Å². The molecule has 0 spiro atoms. The number of hydrogen-bond donors (Lipinski definition) is 1. The fourth-order valence-electron chi connectivity index (χ4n) is 1.66. The summed E-state index contributed by atoms with van der Waals surface area (Å²) in [5.74, 6) is 0.858. The number of alkyl halides is 1. The van der Waals surface area contributed by atoms with Crippen molar-refractivity contribution in [2.45, 2.75) is 12.6 Å². The average molecular weight is 425 g/mol. The Labute approximate surface area is 125 Å². The first kappa shape index (κ1) is 13.6. The highest BCUT2D eigenvalue weighted by Gasteiger charge is 2.20. The van der Waals surface area contributed by atoms with Crippen molar-refractivity contribution in [3.63, 3.8) is 0 Å². The number of H-pyrrole nitrogens is 1. The molecular weight excluding hydrogens is 415 g/mol. The van der Waals surface area contributed by atoms with Crippen LogP contribution in [0.2, 0.25) is 0 Å². The Balaban J connectivity index is 2.38. The summed E-state index contributed by atoms with van der Waals surface area (Å²) in [5.41, 5.74) is -0.468. The predicted octanol–water partition coefficient (Wildman–Crippen LogP) is 2.14. The maximum absolute atomic E-state index is 11.7. The third kappa shape index (κ3) is 2.77. The highest BCUT2D eigenvalue weighted by Crippen LogP contribution is 2.25. The number of halogens is 2. The number of ether oxygens (including phenoxy) is 1. The molecule has 0 saturated carbocycles. The number of rotatable bonds is 3. The van der Waals surface area contributed by atoms with E-state index in [0.717, 1.165) is 10.2 Å². The van der Waals surface area contributed by atoms with Gasteiger partial charge >= 0.3 is 5.69 Å². The maximum Gasteiger partial charge on any atom is 0.331 e. The smallest absolute Gasteiger partial charge is 0.331 e. The second-order valence-corrected chi connectivity index (χ2v) is 4.95. The van der Waals surface area contributed by atoms with E-state index in [1.54, 1.807) is 11.1 Å². The van der Waals surface area contributed by atoms with Gasteiger partial charge in [-0.1, -0.05) is 38.5 Å². The van der Waals surface area contributed by atoms with Crippen LogP contribution < -0.4 is 11.2 Å². The third-order valence-electron chi connectivity index (χ3n) is 2.51. The van der Waals surface area contributed by atoms with E-state index < -0.39 is 11.2 Å². The third-order valence-corrected chi connectivity index (χ3v) is 3.53. The molecule has 0 unspecified atom stereocenters. The van der Waals surface area contributed by atoms with Gasteiger partial charge in [-0.05, 0) is 17.1 Å². The van der Waals surface area contributed by atoms with Gasteiger partial charge in [-0.15, -0.1) is 0 Å². The summed E-state index contributed by atoms with van der Waals surface area (Å²) in [6.07, 6.45) is 5.29. The van der Waals surface area contributed by atoms with Crippen LogP contribution in [0.4, 0.5) is 0 Å². The Morgan fingerprint density at radius 1 is 1.61 bits per heavy atom. The molecule has 18 heavy (non-hydrogen) atoms. The first-order valence-corrected chi connectivity index (χ1v) is 7.63. The number of nitrogens with one attached hydrogen (secondary N) is 1. The molecule has 0 fully saturated rings. The molecule has 0 amide bonds. The van der Waals surface area contributed by atoms with Crippen LogP contribution >= 0.6 is 38.5 Å². The molecule has 2 heterocycles. The average Bonchev–Trinajstić information content (AvgIpc) is 2.81. The lowest BCUT2D eigenvalue weighted by Crippen LogP contribution is -2.33. The summed E-state index contributed by atoms with van der Waals surface area (Å²) >= 11 is 5.30. The van der Waals surface area contributed by atoms with E-state index in [4.69, 9.17) is 4.74 Å². The topological polar surface area (TPSA) is 64.1 Å². The van der Waals surface area contributed by atoms with Gasteiger partial charge in [-0.3, -0.25) is 14.3 Å². The molecule has 0 bridgehead atoms. The van der Waals surface area contributed by atoms with Crippen molar-refractivity contribution in [1.29, 1.82) is 0 Å². The lowest BCUT2D eigenvalue weighted by atomic mass is 10.3. The van der Waals surface area contributed by atoms with Gasteiger partial charge in [0.05, 0.1) is 9.99 Å². The van der Waals surface area contributed by atoms with E-state index in [0.29, 0.717) is 12.0 Å². The summed E-state index contributed by atoms with van der Waals surface area (Å²) in [6.45, 7) is 0. The van der Waals surface area contributed by atoms with Gasteiger partial charge in [0.2, 0.25) is 0 Å². The van der Waals surface area contributed by atoms with Gasteiger partial charge in [-0.25, -0.2) is 4.79 Å². The summed E-state index contributed by atoms with van der Waals surface area (Å²) in [5, 5.41) is 0.